The molecule has 172 valence electrons. The number of amides is 2. The molecular formula is C22H34N4O4S. The van der Waals surface area contributed by atoms with Gasteiger partial charge in [0.2, 0.25) is 21.8 Å². The van der Waals surface area contributed by atoms with Gasteiger partial charge in [0.15, 0.2) is 0 Å². The maximum Gasteiger partial charge on any atom is 0.250 e. The molecule has 0 saturated carbocycles. The van der Waals surface area contributed by atoms with E-state index >= 15 is 0 Å². The number of carbonyl (C=O) groups excluding carboxylic acids is 2. The van der Waals surface area contributed by atoms with E-state index in [0.29, 0.717) is 18.8 Å². The van der Waals surface area contributed by atoms with Gasteiger partial charge < -0.3 is 10.2 Å². The van der Waals surface area contributed by atoms with E-state index in [4.69, 9.17) is 0 Å². The Morgan fingerprint density at radius 3 is 2.55 bits per heavy atom. The van der Waals surface area contributed by atoms with Crippen LogP contribution in [0.15, 0.2) is 23.1 Å². The number of nitrogens with zero attached hydrogens (tertiary/aromatic N) is 3. The number of anilines is 2. The monoisotopic (exact) mass is 450 g/mol. The smallest absolute Gasteiger partial charge is 0.250 e. The fourth-order valence-corrected chi connectivity index (χ4v) is 5.82. The first-order valence-corrected chi connectivity index (χ1v) is 12.7. The third-order valence-corrected chi connectivity index (χ3v) is 8.31. The van der Waals surface area contributed by atoms with Crippen molar-refractivity contribution in [3.63, 3.8) is 0 Å². The van der Waals surface area contributed by atoms with Gasteiger partial charge in [0, 0.05) is 25.7 Å². The van der Waals surface area contributed by atoms with Crippen LogP contribution in [-0.2, 0) is 19.6 Å². The van der Waals surface area contributed by atoms with Crippen LogP contribution in [0, 0.1) is 0 Å². The molecule has 3 rings (SSSR count). The van der Waals surface area contributed by atoms with Crippen molar-refractivity contribution in [3.05, 3.63) is 18.2 Å². The van der Waals surface area contributed by atoms with E-state index in [1.54, 1.807) is 32.0 Å². The highest BCUT2D eigenvalue weighted by Crippen LogP contribution is 2.40. The molecule has 0 aliphatic carbocycles. The third kappa shape index (κ3) is 4.57. The van der Waals surface area contributed by atoms with E-state index in [9.17, 15) is 18.0 Å². The summed E-state index contributed by atoms with van der Waals surface area (Å²) >= 11 is 0. The van der Waals surface area contributed by atoms with E-state index in [-0.39, 0.29) is 35.3 Å². The second-order valence-electron chi connectivity index (χ2n) is 8.25. The Kier molecular flexibility index (Phi) is 7.26. The molecule has 2 heterocycles. The minimum atomic E-state index is -3.68. The van der Waals surface area contributed by atoms with E-state index in [1.165, 1.54) is 9.21 Å². The molecule has 8 nitrogen and oxygen atoms in total. The van der Waals surface area contributed by atoms with Crippen molar-refractivity contribution in [1.82, 2.24) is 9.62 Å². The van der Waals surface area contributed by atoms with Crippen molar-refractivity contribution in [1.29, 1.82) is 0 Å². The Bertz CT molecular complexity index is 929. The first-order chi connectivity index (χ1) is 14.7. The van der Waals surface area contributed by atoms with Gasteiger partial charge in [-0.25, -0.2) is 8.42 Å². The first-order valence-electron chi connectivity index (χ1n) is 11.3. The zero-order chi connectivity index (χ0) is 22.8. The van der Waals surface area contributed by atoms with Gasteiger partial charge in [-0.05, 0) is 50.8 Å². The predicted octanol–water partition coefficient (Wildman–Crippen LogP) is 2.34. The van der Waals surface area contributed by atoms with E-state index < -0.39 is 10.0 Å². The summed E-state index contributed by atoms with van der Waals surface area (Å²) < 4.78 is 27.6. The van der Waals surface area contributed by atoms with Gasteiger partial charge in [-0.1, -0.05) is 20.8 Å². The van der Waals surface area contributed by atoms with Crippen molar-refractivity contribution in [3.8, 4) is 0 Å². The topological polar surface area (TPSA) is 90.0 Å². The fraction of sp³-hybridized carbons (Fsp3) is 0.636. The molecule has 0 unspecified atom stereocenters. The number of nitrogens with one attached hydrogen (secondary N) is 1. The minimum absolute atomic E-state index is 0.00687. The third-order valence-electron chi connectivity index (χ3n) is 6.27. The maximum atomic E-state index is 13.4. The number of sulfonamides is 1. The van der Waals surface area contributed by atoms with E-state index in [0.717, 1.165) is 37.9 Å². The largest absolute Gasteiger partial charge is 0.358 e. The Hall–Kier alpha value is -2.13. The zero-order valence-corrected chi connectivity index (χ0v) is 19.7. The summed E-state index contributed by atoms with van der Waals surface area (Å²) in [6.45, 7) is 8.86. The SMILES string of the molecule is CC[C@H](C)NC(=O)CN1C(=O)[C@@H]2CCCCN2c2ccc(S(=O)(=O)N(CC)CC)cc21. The van der Waals surface area contributed by atoms with Crippen LogP contribution in [-0.4, -0.2) is 62.8 Å². The Morgan fingerprint density at radius 1 is 1.19 bits per heavy atom. The molecule has 0 radical (unpaired) electrons. The average Bonchev–Trinajstić information content (AvgIpc) is 2.76. The lowest BCUT2D eigenvalue weighted by molar-refractivity contribution is -0.125. The standard InChI is InChI=1S/C22H34N4O4S/c1-5-16(4)23-21(27)15-26-20-14-17(31(29,30)24(6-2)7-3)11-12-18(20)25-13-9-8-10-19(25)22(26)28/h11-12,14,16,19H,5-10,13,15H2,1-4H3,(H,23,27)/t16-,19-/m0/s1. The fourth-order valence-electron chi connectivity index (χ4n) is 4.34. The summed E-state index contributed by atoms with van der Waals surface area (Å²) in [6.07, 6.45) is 3.47. The quantitative estimate of drug-likeness (QED) is 0.657. The lowest BCUT2D eigenvalue weighted by Gasteiger charge is -2.45. The first kappa shape index (κ1) is 23.5. The van der Waals surface area contributed by atoms with Crippen LogP contribution < -0.4 is 15.1 Å². The van der Waals surface area contributed by atoms with Crippen molar-refractivity contribution in [2.24, 2.45) is 0 Å². The molecule has 9 heteroatoms. The van der Waals surface area contributed by atoms with Gasteiger partial charge in [0.1, 0.15) is 12.6 Å². The summed E-state index contributed by atoms with van der Waals surface area (Å²) in [4.78, 5) is 29.7. The second kappa shape index (κ2) is 9.56. The van der Waals surface area contributed by atoms with E-state index in [2.05, 4.69) is 10.2 Å². The van der Waals surface area contributed by atoms with Crippen molar-refractivity contribution in [2.75, 3.05) is 36.0 Å². The predicted molar refractivity (Wildman–Crippen MR) is 122 cm³/mol. The van der Waals surface area contributed by atoms with Crippen LogP contribution in [0.25, 0.3) is 0 Å². The number of hydrogen-bond donors (Lipinski definition) is 1. The van der Waals surface area contributed by atoms with Crippen molar-refractivity contribution >= 4 is 33.2 Å². The van der Waals surface area contributed by atoms with E-state index in [1.807, 2.05) is 13.8 Å². The summed E-state index contributed by atoms with van der Waals surface area (Å²) in [6, 6.07) is 4.67. The highest BCUT2D eigenvalue weighted by Gasteiger charge is 2.40. The molecule has 2 aliphatic heterocycles. The highest BCUT2D eigenvalue weighted by atomic mass is 32.2. The molecule has 1 aromatic carbocycles. The number of hydrogen-bond acceptors (Lipinski definition) is 5. The molecule has 2 amide bonds. The number of rotatable bonds is 8. The number of benzene rings is 1. The minimum Gasteiger partial charge on any atom is -0.358 e. The zero-order valence-electron chi connectivity index (χ0n) is 18.9. The summed E-state index contributed by atoms with van der Waals surface area (Å²) in [5.74, 6) is -0.376. The van der Waals surface area contributed by atoms with Gasteiger partial charge in [-0.2, -0.15) is 4.31 Å². The molecule has 0 spiro atoms. The number of fused-ring (bicyclic) bond motifs is 3. The van der Waals surface area contributed by atoms with Crippen LogP contribution in [0.2, 0.25) is 0 Å². The molecule has 2 aliphatic rings. The lowest BCUT2D eigenvalue weighted by atomic mass is 9.96. The van der Waals surface area contributed by atoms with Crippen LogP contribution >= 0.6 is 0 Å². The van der Waals surface area contributed by atoms with Crippen LogP contribution in [0.1, 0.15) is 53.4 Å². The molecule has 1 saturated heterocycles. The summed E-state index contributed by atoms with van der Waals surface area (Å²) in [5.41, 5.74) is 1.31. The molecule has 31 heavy (non-hydrogen) atoms. The lowest BCUT2D eigenvalue weighted by Crippen LogP contribution is -2.57. The van der Waals surface area contributed by atoms with Crippen molar-refractivity contribution in [2.45, 2.75) is 70.4 Å². The Labute approximate surface area is 185 Å². The molecule has 0 aromatic heterocycles. The average molecular weight is 451 g/mol. The van der Waals surface area contributed by atoms with Crippen molar-refractivity contribution < 1.29 is 18.0 Å². The van der Waals surface area contributed by atoms with Crippen LogP contribution in [0.5, 0.6) is 0 Å². The summed E-state index contributed by atoms with van der Waals surface area (Å²) in [5, 5.41) is 2.91. The van der Waals surface area contributed by atoms with Gasteiger partial charge in [-0.3, -0.25) is 14.5 Å². The maximum absolute atomic E-state index is 13.4. The number of carbonyl (C=O) groups is 2. The number of piperidine rings is 1. The van der Waals surface area contributed by atoms with Gasteiger partial charge in [0.25, 0.3) is 0 Å². The highest BCUT2D eigenvalue weighted by molar-refractivity contribution is 7.89. The molecule has 1 N–H and O–H groups in total. The molecular weight excluding hydrogens is 416 g/mol. The van der Waals surface area contributed by atoms with Crippen LogP contribution in [0.3, 0.4) is 0 Å². The molecule has 0 bridgehead atoms. The second-order valence-corrected chi connectivity index (χ2v) is 10.2. The van der Waals surface area contributed by atoms with Gasteiger partial charge >= 0.3 is 0 Å². The normalized spacial score (nSPS) is 19.8. The van der Waals surface area contributed by atoms with Crippen LogP contribution in [0.4, 0.5) is 11.4 Å². The molecule has 1 fully saturated rings. The Balaban J connectivity index is 2.04. The van der Waals surface area contributed by atoms with Gasteiger partial charge in [0.05, 0.1) is 16.3 Å². The van der Waals surface area contributed by atoms with Gasteiger partial charge in [-0.15, -0.1) is 0 Å². The summed E-state index contributed by atoms with van der Waals surface area (Å²) in [7, 11) is -3.68. The Morgan fingerprint density at radius 2 is 1.90 bits per heavy atom. The molecule has 1 aromatic rings. The molecule has 2 atom stereocenters.